The second-order valence-corrected chi connectivity index (χ2v) is 10.8. The number of hydrogen-bond acceptors (Lipinski definition) is 7. The van der Waals surface area contributed by atoms with Gasteiger partial charge in [0, 0.05) is 43.0 Å². The number of fused-ring (bicyclic) bond motifs is 1. The highest BCUT2D eigenvalue weighted by Gasteiger charge is 2.31. The fourth-order valence-corrected chi connectivity index (χ4v) is 4.80. The molecule has 9 nitrogen and oxygen atoms in total. The topological polar surface area (TPSA) is 122 Å². The average Bonchev–Trinajstić information content (AvgIpc) is 3.20. The minimum Gasteiger partial charge on any atom is -0.422 e. The minimum atomic E-state index is -3.81. The van der Waals surface area contributed by atoms with Crippen LogP contribution in [0.1, 0.15) is 16.7 Å². The molecule has 0 saturated carbocycles. The van der Waals surface area contributed by atoms with Crippen LogP contribution in [0.25, 0.3) is 11.3 Å². The number of nitrogens with two attached hydrogens (primary N) is 1. The molecular formula is C27H27FN4O5S. The quantitative estimate of drug-likeness (QED) is 0.257. The molecule has 198 valence electrons. The number of hydrogen-bond donors (Lipinski definition) is 2. The fraction of sp³-hybridized carbons (Fsp3) is 0.185. The van der Waals surface area contributed by atoms with Gasteiger partial charge in [-0.1, -0.05) is 36.4 Å². The summed E-state index contributed by atoms with van der Waals surface area (Å²) in [6, 6.07) is 17.7. The number of nitrogens with one attached hydrogen (secondary N) is 1. The van der Waals surface area contributed by atoms with E-state index in [9.17, 15) is 22.4 Å². The van der Waals surface area contributed by atoms with E-state index in [4.69, 9.17) is 10.5 Å². The number of para-hydroxylation sites is 1. The van der Waals surface area contributed by atoms with E-state index in [0.717, 1.165) is 10.6 Å². The second kappa shape index (κ2) is 10.6. The van der Waals surface area contributed by atoms with Crippen LogP contribution in [0.3, 0.4) is 0 Å². The van der Waals surface area contributed by atoms with Gasteiger partial charge in [0.05, 0.1) is 23.2 Å². The summed E-state index contributed by atoms with van der Waals surface area (Å²) < 4.78 is 46.3. The van der Waals surface area contributed by atoms with Crippen LogP contribution < -0.4 is 20.1 Å². The average molecular weight is 539 g/mol. The molecule has 0 fully saturated rings. The van der Waals surface area contributed by atoms with E-state index in [-0.39, 0.29) is 23.5 Å². The Balaban J connectivity index is 1.84. The normalized spacial score (nSPS) is 14.0. The first-order valence-corrected chi connectivity index (χ1v) is 13.4. The molecule has 0 radical (unpaired) electrons. The second-order valence-electron chi connectivity index (χ2n) is 8.88. The zero-order valence-corrected chi connectivity index (χ0v) is 21.9. The number of anilines is 2. The van der Waals surface area contributed by atoms with Gasteiger partial charge in [-0.25, -0.2) is 17.6 Å². The van der Waals surface area contributed by atoms with E-state index < -0.39 is 34.3 Å². The summed E-state index contributed by atoms with van der Waals surface area (Å²) >= 11 is 0. The number of ether oxygens (including phenoxy) is 1. The van der Waals surface area contributed by atoms with Crippen LogP contribution in [0.5, 0.6) is 5.75 Å². The molecule has 0 saturated heterocycles. The Morgan fingerprint density at radius 1 is 1.05 bits per heavy atom. The van der Waals surface area contributed by atoms with E-state index in [1.165, 1.54) is 37.2 Å². The Bertz CT molecular complexity index is 1550. The van der Waals surface area contributed by atoms with Crippen LogP contribution in [0.2, 0.25) is 0 Å². The molecule has 0 aliphatic carbocycles. The molecule has 1 heterocycles. The molecule has 3 N–H and O–H groups in total. The SMILES string of the molecule is CN(C)C(=O)CN(c1cccc(N/C(=C2\C(=O)Oc3ccccc32)c2ccc(CN)c(F)c2)c1)S(C)(=O)=O. The first kappa shape index (κ1) is 26.8. The summed E-state index contributed by atoms with van der Waals surface area (Å²) in [6.07, 6.45) is 1.01. The maximum atomic E-state index is 14.8. The number of esters is 1. The molecule has 11 heteroatoms. The number of carbonyl (C=O) groups is 2. The van der Waals surface area contributed by atoms with Gasteiger partial charge in [0.15, 0.2) is 0 Å². The lowest BCUT2D eigenvalue weighted by atomic mass is 9.99. The van der Waals surface area contributed by atoms with Crippen molar-refractivity contribution >= 4 is 44.5 Å². The summed E-state index contributed by atoms with van der Waals surface area (Å²) in [4.78, 5) is 26.6. The molecule has 38 heavy (non-hydrogen) atoms. The number of nitrogens with zero attached hydrogens (tertiary/aromatic N) is 2. The Morgan fingerprint density at radius 2 is 1.79 bits per heavy atom. The monoisotopic (exact) mass is 538 g/mol. The Morgan fingerprint density at radius 3 is 2.45 bits per heavy atom. The van der Waals surface area contributed by atoms with E-state index in [2.05, 4.69) is 5.32 Å². The van der Waals surface area contributed by atoms with Crippen LogP contribution in [-0.4, -0.2) is 52.1 Å². The summed E-state index contributed by atoms with van der Waals surface area (Å²) in [6.45, 7) is -0.389. The van der Waals surface area contributed by atoms with Crippen molar-refractivity contribution in [1.29, 1.82) is 0 Å². The summed E-state index contributed by atoms with van der Waals surface area (Å²) in [5.74, 6) is -1.20. The van der Waals surface area contributed by atoms with Gasteiger partial charge in [-0.2, -0.15) is 0 Å². The smallest absolute Gasteiger partial charge is 0.346 e. The van der Waals surface area contributed by atoms with Crippen molar-refractivity contribution in [3.8, 4) is 5.75 Å². The van der Waals surface area contributed by atoms with Gasteiger partial charge in [-0.05, 0) is 30.3 Å². The highest BCUT2D eigenvalue weighted by Crippen LogP contribution is 2.39. The predicted octanol–water partition coefficient (Wildman–Crippen LogP) is 3.04. The first-order valence-electron chi connectivity index (χ1n) is 11.6. The highest BCUT2D eigenvalue weighted by atomic mass is 32.2. The molecule has 3 aromatic carbocycles. The van der Waals surface area contributed by atoms with Gasteiger partial charge in [-0.3, -0.25) is 9.10 Å². The zero-order valence-electron chi connectivity index (χ0n) is 21.1. The lowest BCUT2D eigenvalue weighted by Crippen LogP contribution is -2.39. The highest BCUT2D eigenvalue weighted by molar-refractivity contribution is 7.92. The van der Waals surface area contributed by atoms with Crippen LogP contribution in [0.4, 0.5) is 15.8 Å². The van der Waals surface area contributed by atoms with Gasteiger partial charge in [0.1, 0.15) is 18.1 Å². The number of benzene rings is 3. The van der Waals surface area contributed by atoms with Gasteiger partial charge in [0.25, 0.3) is 0 Å². The molecule has 0 spiro atoms. The lowest BCUT2D eigenvalue weighted by molar-refractivity contribution is -0.127. The van der Waals surface area contributed by atoms with E-state index in [1.807, 2.05) is 0 Å². The van der Waals surface area contributed by atoms with Crippen LogP contribution in [-0.2, 0) is 26.2 Å². The number of likely N-dealkylation sites (N-methyl/N-ethyl adjacent to an activating group) is 1. The van der Waals surface area contributed by atoms with E-state index in [0.29, 0.717) is 28.1 Å². The standard InChI is InChI=1S/C27H27FN4O5S/c1-31(2)24(33)16-32(38(3,35)36)20-8-6-7-19(14-20)30-26(17-11-12-18(15-29)22(28)13-17)25-21-9-4-5-10-23(21)37-27(25)34/h4-14,30H,15-16,29H2,1-3H3/b26-25-. The molecule has 4 rings (SSSR count). The largest absolute Gasteiger partial charge is 0.422 e. The number of amides is 1. The van der Waals surface area contributed by atoms with E-state index >= 15 is 0 Å². The molecule has 1 aliphatic rings. The van der Waals surface area contributed by atoms with Crippen molar-refractivity contribution in [2.45, 2.75) is 6.54 Å². The van der Waals surface area contributed by atoms with Crippen molar-refractivity contribution in [2.24, 2.45) is 5.73 Å². The Kier molecular flexibility index (Phi) is 7.51. The number of sulfonamides is 1. The van der Waals surface area contributed by atoms with Crippen LogP contribution in [0.15, 0.2) is 66.7 Å². The lowest BCUT2D eigenvalue weighted by Gasteiger charge is -2.24. The molecule has 1 amide bonds. The maximum Gasteiger partial charge on any atom is 0.346 e. The third-order valence-corrected chi connectivity index (χ3v) is 7.10. The summed E-state index contributed by atoms with van der Waals surface area (Å²) in [5.41, 5.74) is 7.89. The number of rotatable bonds is 8. The van der Waals surface area contributed by atoms with Crippen LogP contribution in [0, 0.1) is 5.82 Å². The fourth-order valence-electron chi connectivity index (χ4n) is 3.95. The number of halogens is 1. The number of carbonyl (C=O) groups excluding carboxylic acids is 2. The van der Waals surface area contributed by atoms with Crippen molar-refractivity contribution in [3.63, 3.8) is 0 Å². The molecule has 0 unspecified atom stereocenters. The molecule has 0 bridgehead atoms. The molecule has 1 aliphatic heterocycles. The molecule has 0 atom stereocenters. The van der Waals surface area contributed by atoms with Crippen molar-refractivity contribution in [1.82, 2.24) is 4.90 Å². The van der Waals surface area contributed by atoms with Gasteiger partial charge >= 0.3 is 5.97 Å². The minimum absolute atomic E-state index is 0.00532. The van der Waals surface area contributed by atoms with Crippen LogP contribution >= 0.6 is 0 Å². The van der Waals surface area contributed by atoms with Gasteiger partial charge in [-0.15, -0.1) is 0 Å². The Hall–Kier alpha value is -4.22. The first-order chi connectivity index (χ1) is 18.0. The van der Waals surface area contributed by atoms with Crippen molar-refractivity contribution in [2.75, 3.05) is 36.5 Å². The molecule has 3 aromatic rings. The summed E-state index contributed by atoms with van der Waals surface area (Å²) in [5, 5.41) is 3.16. The predicted molar refractivity (Wildman–Crippen MR) is 144 cm³/mol. The zero-order chi connectivity index (χ0) is 27.6. The Labute approximate surface area is 220 Å². The van der Waals surface area contributed by atoms with E-state index in [1.54, 1.807) is 48.5 Å². The van der Waals surface area contributed by atoms with Gasteiger partial charge in [0.2, 0.25) is 15.9 Å². The summed E-state index contributed by atoms with van der Waals surface area (Å²) in [7, 11) is -0.742. The van der Waals surface area contributed by atoms with Crippen molar-refractivity contribution < 1.29 is 27.1 Å². The third kappa shape index (κ3) is 5.53. The molecule has 0 aromatic heterocycles. The molecular weight excluding hydrogens is 511 g/mol. The van der Waals surface area contributed by atoms with Gasteiger partial charge < -0.3 is 20.7 Å². The maximum absolute atomic E-state index is 14.8. The third-order valence-electron chi connectivity index (χ3n) is 5.96. The van der Waals surface area contributed by atoms with Crippen molar-refractivity contribution in [3.05, 3.63) is 89.2 Å².